The van der Waals surface area contributed by atoms with Gasteiger partial charge in [-0.3, -0.25) is 5.14 Å². The van der Waals surface area contributed by atoms with Gasteiger partial charge in [-0.2, -0.15) is 4.98 Å². The van der Waals surface area contributed by atoms with Gasteiger partial charge >= 0.3 is 0 Å². The van der Waals surface area contributed by atoms with Crippen molar-refractivity contribution in [2.45, 2.75) is 25.7 Å². The van der Waals surface area contributed by atoms with Crippen LogP contribution in [0.3, 0.4) is 0 Å². The molecule has 1 aliphatic heterocycles. The Labute approximate surface area is 137 Å². The van der Waals surface area contributed by atoms with Crippen molar-refractivity contribution in [1.82, 2.24) is 14.9 Å². The van der Waals surface area contributed by atoms with Crippen molar-refractivity contribution in [3.05, 3.63) is 11.3 Å². The summed E-state index contributed by atoms with van der Waals surface area (Å²) >= 11 is 1.37. The van der Waals surface area contributed by atoms with E-state index in [4.69, 9.17) is 15.1 Å². The predicted octanol–water partition coefficient (Wildman–Crippen LogP) is 1.13. The summed E-state index contributed by atoms with van der Waals surface area (Å²) in [5, 5.41) is 8.99. The number of rotatable bonds is 5. The van der Waals surface area contributed by atoms with Crippen LogP contribution in [0.2, 0.25) is 0 Å². The molecule has 1 saturated heterocycles. The third kappa shape index (κ3) is 3.64. The van der Waals surface area contributed by atoms with Crippen molar-refractivity contribution in [3.63, 3.8) is 0 Å². The van der Waals surface area contributed by atoms with Crippen molar-refractivity contribution in [2.75, 3.05) is 55.7 Å². The Bertz CT molecular complexity index is 501. The van der Waals surface area contributed by atoms with Crippen LogP contribution in [0, 0.1) is 0 Å². The molecule has 0 bridgehead atoms. The van der Waals surface area contributed by atoms with Gasteiger partial charge in [0.25, 0.3) is 0 Å². The standard InChI is InChI=1S/C15H26N6S/c1-20-7-9-21(10-8-20)15-18-13-5-3-2-4-12(13)14(19-15)17-6-11-22-16/h2-11,16H2,1H3,(H,17,18,19). The van der Waals surface area contributed by atoms with Crippen LogP contribution in [-0.4, -0.2) is 60.4 Å². The molecule has 22 heavy (non-hydrogen) atoms. The fourth-order valence-electron chi connectivity index (χ4n) is 3.10. The minimum Gasteiger partial charge on any atom is -0.369 e. The van der Waals surface area contributed by atoms with Crippen LogP contribution in [0.1, 0.15) is 24.1 Å². The molecule has 2 heterocycles. The summed E-state index contributed by atoms with van der Waals surface area (Å²) < 4.78 is 0. The van der Waals surface area contributed by atoms with Crippen molar-refractivity contribution >= 4 is 23.7 Å². The smallest absolute Gasteiger partial charge is 0.227 e. The summed E-state index contributed by atoms with van der Waals surface area (Å²) in [6.07, 6.45) is 4.66. The van der Waals surface area contributed by atoms with Gasteiger partial charge in [0.15, 0.2) is 0 Å². The van der Waals surface area contributed by atoms with Crippen LogP contribution in [0.15, 0.2) is 0 Å². The Hall–Kier alpha value is -1.05. The summed E-state index contributed by atoms with van der Waals surface area (Å²) in [7, 11) is 2.17. The van der Waals surface area contributed by atoms with Gasteiger partial charge in [0.05, 0.1) is 5.69 Å². The molecule has 1 fully saturated rings. The van der Waals surface area contributed by atoms with E-state index in [1.807, 2.05) is 0 Å². The number of piperazine rings is 1. The SMILES string of the molecule is CN1CCN(c2nc3c(c(NCCSN)n2)CCCC3)CC1. The zero-order valence-electron chi connectivity index (χ0n) is 13.3. The molecule has 1 aliphatic carbocycles. The number of likely N-dealkylation sites (N-methyl/N-ethyl adjacent to an activating group) is 1. The normalized spacial score (nSPS) is 19.1. The van der Waals surface area contributed by atoms with Gasteiger partial charge in [-0.1, -0.05) is 11.9 Å². The maximum Gasteiger partial charge on any atom is 0.227 e. The second-order valence-corrected chi connectivity index (χ2v) is 6.83. The molecule has 1 aromatic heterocycles. The van der Waals surface area contributed by atoms with E-state index in [9.17, 15) is 0 Å². The van der Waals surface area contributed by atoms with Gasteiger partial charge in [-0.15, -0.1) is 0 Å². The number of fused-ring (bicyclic) bond motifs is 1. The highest BCUT2D eigenvalue weighted by Gasteiger charge is 2.22. The van der Waals surface area contributed by atoms with E-state index in [0.29, 0.717) is 0 Å². The molecular weight excluding hydrogens is 296 g/mol. The molecule has 3 N–H and O–H groups in total. The molecule has 0 atom stereocenters. The fraction of sp³-hybridized carbons (Fsp3) is 0.733. The van der Waals surface area contributed by atoms with Crippen LogP contribution in [0.4, 0.5) is 11.8 Å². The molecule has 0 amide bonds. The van der Waals surface area contributed by atoms with Crippen LogP contribution in [0.25, 0.3) is 0 Å². The first-order valence-corrected chi connectivity index (χ1v) is 9.21. The molecule has 7 heteroatoms. The van der Waals surface area contributed by atoms with Gasteiger partial charge in [-0.05, 0) is 32.7 Å². The summed E-state index contributed by atoms with van der Waals surface area (Å²) in [6, 6.07) is 0. The molecule has 122 valence electrons. The Morgan fingerprint density at radius 1 is 1.14 bits per heavy atom. The number of aryl methyl sites for hydroxylation is 1. The van der Waals surface area contributed by atoms with E-state index < -0.39 is 0 Å². The van der Waals surface area contributed by atoms with Gasteiger partial charge in [0.1, 0.15) is 5.82 Å². The van der Waals surface area contributed by atoms with E-state index in [1.54, 1.807) is 0 Å². The number of hydrogen-bond donors (Lipinski definition) is 2. The van der Waals surface area contributed by atoms with Crippen molar-refractivity contribution in [3.8, 4) is 0 Å². The highest BCUT2D eigenvalue weighted by Crippen LogP contribution is 2.28. The fourth-order valence-corrected chi connectivity index (χ4v) is 3.32. The van der Waals surface area contributed by atoms with Gasteiger partial charge in [-0.25, -0.2) is 4.98 Å². The predicted molar refractivity (Wildman–Crippen MR) is 93.5 cm³/mol. The minimum atomic E-state index is 0.854. The first-order chi connectivity index (χ1) is 10.8. The van der Waals surface area contributed by atoms with Gasteiger partial charge < -0.3 is 15.1 Å². The van der Waals surface area contributed by atoms with E-state index >= 15 is 0 Å². The molecule has 0 unspecified atom stereocenters. The molecule has 0 saturated carbocycles. The van der Waals surface area contributed by atoms with E-state index in [0.717, 1.165) is 63.1 Å². The third-order valence-corrected chi connectivity index (χ3v) is 4.91. The lowest BCUT2D eigenvalue weighted by molar-refractivity contribution is 0.311. The Balaban J connectivity index is 1.82. The van der Waals surface area contributed by atoms with Crippen molar-refractivity contribution in [2.24, 2.45) is 5.14 Å². The third-order valence-electron chi connectivity index (χ3n) is 4.47. The number of nitrogens with two attached hydrogens (primary N) is 1. The highest BCUT2D eigenvalue weighted by molar-refractivity contribution is 7.97. The molecular formula is C15H26N6S. The summed E-state index contributed by atoms with van der Waals surface area (Å²) in [6.45, 7) is 5.02. The van der Waals surface area contributed by atoms with E-state index in [-0.39, 0.29) is 0 Å². The average Bonchev–Trinajstić information content (AvgIpc) is 2.55. The molecule has 2 aliphatic rings. The molecule has 6 nitrogen and oxygen atoms in total. The maximum atomic E-state index is 5.52. The second kappa shape index (κ2) is 7.48. The Morgan fingerprint density at radius 2 is 1.91 bits per heavy atom. The quantitative estimate of drug-likeness (QED) is 0.622. The molecule has 0 spiro atoms. The average molecular weight is 322 g/mol. The Morgan fingerprint density at radius 3 is 2.68 bits per heavy atom. The number of anilines is 2. The van der Waals surface area contributed by atoms with Crippen LogP contribution in [0.5, 0.6) is 0 Å². The topological polar surface area (TPSA) is 70.3 Å². The monoisotopic (exact) mass is 322 g/mol. The second-order valence-electron chi connectivity index (χ2n) is 6.09. The van der Waals surface area contributed by atoms with Crippen LogP contribution >= 0.6 is 11.9 Å². The zero-order valence-corrected chi connectivity index (χ0v) is 14.2. The number of nitrogens with zero attached hydrogens (tertiary/aromatic N) is 4. The van der Waals surface area contributed by atoms with Crippen LogP contribution < -0.4 is 15.4 Å². The molecule has 0 radical (unpaired) electrons. The van der Waals surface area contributed by atoms with Gasteiger partial charge in [0, 0.05) is 44.0 Å². The lowest BCUT2D eigenvalue weighted by atomic mass is 9.96. The lowest BCUT2D eigenvalue weighted by Gasteiger charge is -2.33. The zero-order chi connectivity index (χ0) is 15.4. The number of hydrogen-bond acceptors (Lipinski definition) is 7. The van der Waals surface area contributed by atoms with Crippen molar-refractivity contribution < 1.29 is 0 Å². The summed E-state index contributed by atoms with van der Waals surface area (Å²) in [5.41, 5.74) is 2.57. The molecule has 0 aromatic carbocycles. The summed E-state index contributed by atoms with van der Waals surface area (Å²) in [4.78, 5) is 14.4. The Kier molecular flexibility index (Phi) is 5.38. The van der Waals surface area contributed by atoms with Crippen molar-refractivity contribution in [1.29, 1.82) is 0 Å². The summed E-state index contributed by atoms with van der Waals surface area (Å²) in [5.74, 6) is 2.83. The highest BCUT2D eigenvalue weighted by atomic mass is 32.2. The number of aromatic nitrogens is 2. The first-order valence-electron chi connectivity index (χ1n) is 8.17. The maximum absolute atomic E-state index is 5.52. The number of nitrogens with one attached hydrogen (secondary N) is 1. The van der Waals surface area contributed by atoms with E-state index in [1.165, 1.54) is 36.0 Å². The largest absolute Gasteiger partial charge is 0.369 e. The minimum absolute atomic E-state index is 0.854. The first kappa shape index (κ1) is 15.8. The van der Waals surface area contributed by atoms with Gasteiger partial charge in [0.2, 0.25) is 5.95 Å². The molecule has 1 aromatic rings. The van der Waals surface area contributed by atoms with E-state index in [2.05, 4.69) is 22.2 Å². The van der Waals surface area contributed by atoms with Crippen LogP contribution in [-0.2, 0) is 12.8 Å². The lowest BCUT2D eigenvalue weighted by Crippen LogP contribution is -2.45. The molecule has 3 rings (SSSR count).